The molecule has 0 aliphatic carbocycles. The van der Waals surface area contributed by atoms with E-state index in [0.717, 1.165) is 0 Å². The van der Waals surface area contributed by atoms with Crippen molar-refractivity contribution < 1.29 is 9.13 Å². The number of rotatable bonds is 3. The zero-order chi connectivity index (χ0) is 15.2. The highest BCUT2D eigenvalue weighted by atomic mass is 35.5. The van der Waals surface area contributed by atoms with Crippen molar-refractivity contribution in [2.24, 2.45) is 5.73 Å². The predicted octanol–water partition coefficient (Wildman–Crippen LogP) is 4.02. The second kappa shape index (κ2) is 7.33. The molecule has 2 aromatic rings. The third-order valence-electron chi connectivity index (χ3n) is 2.59. The molecule has 0 radical (unpaired) electrons. The van der Waals surface area contributed by atoms with Crippen LogP contribution in [0.25, 0.3) is 0 Å². The number of ether oxygens (including phenoxy) is 1. The zero-order valence-electron chi connectivity index (χ0n) is 11.0. The van der Waals surface area contributed by atoms with E-state index in [2.05, 4.69) is 11.8 Å². The molecular weight excluding hydrogens is 312 g/mol. The summed E-state index contributed by atoms with van der Waals surface area (Å²) in [6.45, 7) is 0.429. The highest BCUT2D eigenvalue weighted by Gasteiger charge is 2.03. The maximum atomic E-state index is 13.5. The molecule has 0 saturated heterocycles. The first-order chi connectivity index (χ1) is 10.1. The molecule has 0 bridgehead atoms. The van der Waals surface area contributed by atoms with Crippen LogP contribution >= 0.6 is 23.2 Å². The molecule has 0 aromatic heterocycles. The Morgan fingerprint density at radius 1 is 1.10 bits per heavy atom. The number of nitrogens with two attached hydrogens (primary N) is 1. The molecule has 0 unspecified atom stereocenters. The standard InChI is InChI=1S/C16H12Cl2FNO/c17-15-4-3-14(9-16(15)18)21-10-12-6-11(2-1-5-20)7-13(19)8-12/h3-4,6-9H,5,10,20H2. The molecule has 21 heavy (non-hydrogen) atoms. The van der Waals surface area contributed by atoms with Gasteiger partial charge >= 0.3 is 0 Å². The molecule has 2 aromatic carbocycles. The third kappa shape index (κ3) is 4.64. The molecule has 0 atom stereocenters. The van der Waals surface area contributed by atoms with Gasteiger partial charge < -0.3 is 10.5 Å². The lowest BCUT2D eigenvalue weighted by Gasteiger charge is -2.08. The van der Waals surface area contributed by atoms with Crippen LogP contribution in [0, 0.1) is 17.7 Å². The van der Waals surface area contributed by atoms with Crippen LogP contribution in [0.1, 0.15) is 11.1 Å². The van der Waals surface area contributed by atoms with Gasteiger partial charge in [0.05, 0.1) is 16.6 Å². The Labute approximate surface area is 132 Å². The minimum Gasteiger partial charge on any atom is -0.489 e. The molecule has 0 aliphatic heterocycles. The van der Waals surface area contributed by atoms with Crippen molar-refractivity contribution in [2.45, 2.75) is 6.61 Å². The summed E-state index contributed by atoms with van der Waals surface area (Å²) in [4.78, 5) is 0. The van der Waals surface area contributed by atoms with Crippen LogP contribution in [-0.2, 0) is 6.61 Å². The van der Waals surface area contributed by atoms with E-state index in [1.807, 2.05) is 0 Å². The van der Waals surface area contributed by atoms with Crippen LogP contribution in [0.4, 0.5) is 4.39 Å². The van der Waals surface area contributed by atoms with E-state index >= 15 is 0 Å². The molecule has 108 valence electrons. The Balaban J connectivity index is 2.12. The summed E-state index contributed by atoms with van der Waals surface area (Å²) in [6.07, 6.45) is 0. The highest BCUT2D eigenvalue weighted by molar-refractivity contribution is 6.42. The van der Waals surface area contributed by atoms with Crippen molar-refractivity contribution in [3.63, 3.8) is 0 Å². The van der Waals surface area contributed by atoms with Crippen molar-refractivity contribution >= 4 is 23.2 Å². The van der Waals surface area contributed by atoms with Gasteiger partial charge in [-0.05, 0) is 35.9 Å². The van der Waals surface area contributed by atoms with Crippen molar-refractivity contribution in [3.8, 4) is 17.6 Å². The first-order valence-corrected chi connectivity index (χ1v) is 6.90. The average molecular weight is 324 g/mol. The Bertz CT molecular complexity index is 707. The van der Waals surface area contributed by atoms with Crippen molar-refractivity contribution in [1.29, 1.82) is 0 Å². The Hall–Kier alpha value is -1.73. The van der Waals surface area contributed by atoms with Crippen LogP contribution in [0.5, 0.6) is 5.75 Å². The lowest BCUT2D eigenvalue weighted by Crippen LogP contribution is -1.97. The quantitative estimate of drug-likeness (QED) is 0.866. The Kier molecular flexibility index (Phi) is 5.46. The molecule has 2 nitrogen and oxygen atoms in total. The molecule has 5 heteroatoms. The number of halogens is 3. The Morgan fingerprint density at radius 2 is 1.90 bits per heavy atom. The summed E-state index contributed by atoms with van der Waals surface area (Å²) < 4.78 is 19.1. The number of benzene rings is 2. The van der Waals surface area contributed by atoms with E-state index in [-0.39, 0.29) is 19.0 Å². The topological polar surface area (TPSA) is 35.2 Å². The van der Waals surface area contributed by atoms with E-state index in [4.69, 9.17) is 33.7 Å². The van der Waals surface area contributed by atoms with Gasteiger partial charge in [-0.2, -0.15) is 0 Å². The maximum Gasteiger partial charge on any atom is 0.124 e. The van der Waals surface area contributed by atoms with Crippen LogP contribution in [-0.4, -0.2) is 6.54 Å². The average Bonchev–Trinajstić information content (AvgIpc) is 2.46. The summed E-state index contributed by atoms with van der Waals surface area (Å²) in [6, 6.07) is 9.45. The molecule has 0 aliphatic rings. The van der Waals surface area contributed by atoms with E-state index < -0.39 is 0 Å². The number of hydrogen-bond acceptors (Lipinski definition) is 2. The maximum absolute atomic E-state index is 13.5. The van der Waals surface area contributed by atoms with E-state index in [0.29, 0.717) is 26.9 Å². The summed E-state index contributed by atoms with van der Waals surface area (Å²) in [5.74, 6) is 5.67. The number of hydrogen-bond donors (Lipinski definition) is 1. The molecular formula is C16H12Cl2FNO. The first kappa shape index (κ1) is 15.7. The molecule has 0 heterocycles. The lowest BCUT2D eigenvalue weighted by molar-refractivity contribution is 0.305. The SMILES string of the molecule is NCC#Cc1cc(F)cc(COc2ccc(Cl)c(Cl)c2)c1. The van der Waals surface area contributed by atoms with Crippen LogP contribution in [0.2, 0.25) is 10.0 Å². The van der Waals surface area contributed by atoms with Gasteiger partial charge in [-0.3, -0.25) is 0 Å². The largest absolute Gasteiger partial charge is 0.489 e. The van der Waals surface area contributed by atoms with E-state index in [9.17, 15) is 4.39 Å². The van der Waals surface area contributed by atoms with Gasteiger partial charge in [0.15, 0.2) is 0 Å². The van der Waals surface area contributed by atoms with Crippen LogP contribution in [0.3, 0.4) is 0 Å². The van der Waals surface area contributed by atoms with Gasteiger partial charge in [0.1, 0.15) is 18.2 Å². The highest BCUT2D eigenvalue weighted by Crippen LogP contribution is 2.26. The molecule has 0 fully saturated rings. The molecule has 2 N–H and O–H groups in total. The Morgan fingerprint density at radius 3 is 2.62 bits per heavy atom. The second-order valence-corrected chi connectivity index (χ2v) is 5.03. The van der Waals surface area contributed by atoms with E-state index in [1.54, 1.807) is 24.3 Å². The molecule has 0 spiro atoms. The second-order valence-electron chi connectivity index (χ2n) is 4.22. The summed E-state index contributed by atoms with van der Waals surface area (Å²) in [7, 11) is 0. The fraction of sp³-hybridized carbons (Fsp3) is 0.125. The fourth-order valence-electron chi connectivity index (χ4n) is 1.69. The monoisotopic (exact) mass is 323 g/mol. The van der Waals surface area contributed by atoms with Gasteiger partial charge in [-0.1, -0.05) is 35.0 Å². The normalized spacial score (nSPS) is 9.90. The first-order valence-electron chi connectivity index (χ1n) is 6.15. The minimum atomic E-state index is -0.369. The third-order valence-corrected chi connectivity index (χ3v) is 3.33. The molecule has 0 saturated carbocycles. The van der Waals surface area contributed by atoms with Crippen molar-refractivity contribution in [2.75, 3.05) is 6.54 Å². The van der Waals surface area contributed by atoms with Crippen molar-refractivity contribution in [3.05, 3.63) is 63.4 Å². The summed E-state index contributed by atoms with van der Waals surface area (Å²) in [5, 5.41) is 0.858. The minimum absolute atomic E-state index is 0.201. The van der Waals surface area contributed by atoms with Crippen LogP contribution < -0.4 is 10.5 Å². The van der Waals surface area contributed by atoms with E-state index in [1.165, 1.54) is 12.1 Å². The molecule has 0 amide bonds. The smallest absolute Gasteiger partial charge is 0.124 e. The fourth-order valence-corrected chi connectivity index (χ4v) is 1.98. The summed E-state index contributed by atoms with van der Waals surface area (Å²) in [5.41, 5.74) is 6.53. The van der Waals surface area contributed by atoms with Crippen molar-refractivity contribution in [1.82, 2.24) is 0 Å². The van der Waals surface area contributed by atoms with Gasteiger partial charge in [0.25, 0.3) is 0 Å². The predicted molar refractivity (Wildman–Crippen MR) is 83.1 cm³/mol. The van der Waals surface area contributed by atoms with Gasteiger partial charge in [0.2, 0.25) is 0 Å². The van der Waals surface area contributed by atoms with Gasteiger partial charge in [-0.25, -0.2) is 4.39 Å². The van der Waals surface area contributed by atoms with Gasteiger partial charge in [-0.15, -0.1) is 0 Å². The molecule has 2 rings (SSSR count). The van der Waals surface area contributed by atoms with Gasteiger partial charge in [0, 0.05) is 11.6 Å². The zero-order valence-corrected chi connectivity index (χ0v) is 12.5. The summed E-state index contributed by atoms with van der Waals surface area (Å²) >= 11 is 11.7. The van der Waals surface area contributed by atoms with Crippen LogP contribution in [0.15, 0.2) is 36.4 Å². The lowest BCUT2D eigenvalue weighted by atomic mass is 10.1.